The fourth-order valence-electron chi connectivity index (χ4n) is 5.97. The van der Waals surface area contributed by atoms with Gasteiger partial charge in [0, 0.05) is 49.2 Å². The van der Waals surface area contributed by atoms with Crippen LogP contribution in [0.4, 0.5) is 11.4 Å². The molecule has 0 unspecified atom stereocenters. The van der Waals surface area contributed by atoms with Gasteiger partial charge in [0.1, 0.15) is 11.2 Å². The van der Waals surface area contributed by atoms with E-state index in [1.54, 1.807) is 12.4 Å². The quantitative estimate of drug-likeness (QED) is 0.295. The summed E-state index contributed by atoms with van der Waals surface area (Å²) in [7, 11) is 2.16. The van der Waals surface area contributed by atoms with Crippen molar-refractivity contribution in [2.24, 2.45) is 5.92 Å². The maximum Gasteiger partial charge on any atom is 0.227 e. The lowest BCUT2D eigenvalue weighted by atomic mass is 9.88. The fraction of sp³-hybridized carbons (Fsp3) is 0.367. The van der Waals surface area contributed by atoms with Gasteiger partial charge in [-0.2, -0.15) is 5.10 Å². The number of aromatic nitrogens is 6. The van der Waals surface area contributed by atoms with E-state index in [9.17, 15) is 4.79 Å². The first-order chi connectivity index (χ1) is 19.6. The normalized spacial score (nSPS) is 17.1. The van der Waals surface area contributed by atoms with Gasteiger partial charge in [-0.1, -0.05) is 19.3 Å². The first-order valence-corrected chi connectivity index (χ1v) is 14.1. The van der Waals surface area contributed by atoms with Crippen LogP contribution in [-0.4, -0.2) is 74.2 Å². The molecule has 204 valence electrons. The molecule has 0 spiro atoms. The lowest BCUT2D eigenvalue weighted by Gasteiger charge is -2.34. The van der Waals surface area contributed by atoms with Gasteiger partial charge in [0.15, 0.2) is 0 Å². The minimum Gasteiger partial charge on any atom is -0.367 e. The van der Waals surface area contributed by atoms with Crippen LogP contribution in [0.2, 0.25) is 0 Å². The van der Waals surface area contributed by atoms with Crippen molar-refractivity contribution < 1.29 is 4.79 Å². The molecule has 10 heteroatoms. The van der Waals surface area contributed by atoms with Gasteiger partial charge >= 0.3 is 0 Å². The number of anilines is 2. The molecule has 0 atom stereocenters. The topological polar surface area (TPSA) is 119 Å². The first kappa shape index (κ1) is 24.7. The summed E-state index contributed by atoms with van der Waals surface area (Å²) in [5, 5.41) is 12.0. The number of nitrogens with one attached hydrogen (secondary N) is 3. The summed E-state index contributed by atoms with van der Waals surface area (Å²) >= 11 is 0. The van der Waals surface area contributed by atoms with Gasteiger partial charge in [0.05, 0.1) is 52.4 Å². The number of amides is 1. The number of pyridine rings is 3. The van der Waals surface area contributed by atoms with Crippen molar-refractivity contribution in [2.45, 2.75) is 32.1 Å². The Morgan fingerprint density at radius 2 is 1.77 bits per heavy atom. The Labute approximate surface area is 232 Å². The van der Waals surface area contributed by atoms with E-state index in [2.05, 4.69) is 53.4 Å². The molecule has 3 N–H and O–H groups in total. The number of fused-ring (bicyclic) bond motifs is 2. The molecule has 1 amide bonds. The van der Waals surface area contributed by atoms with Crippen LogP contribution in [0.25, 0.3) is 44.6 Å². The highest BCUT2D eigenvalue weighted by molar-refractivity contribution is 5.99. The van der Waals surface area contributed by atoms with E-state index in [-0.39, 0.29) is 11.8 Å². The lowest BCUT2D eigenvalue weighted by molar-refractivity contribution is -0.120. The highest BCUT2D eigenvalue weighted by atomic mass is 16.1. The third-order valence-electron chi connectivity index (χ3n) is 8.31. The number of nitrogens with zero attached hydrogens (tertiary/aromatic N) is 6. The zero-order valence-corrected chi connectivity index (χ0v) is 22.7. The molecule has 0 bridgehead atoms. The van der Waals surface area contributed by atoms with Crippen LogP contribution in [0.15, 0.2) is 49.1 Å². The summed E-state index contributed by atoms with van der Waals surface area (Å²) in [6.45, 7) is 4.01. The number of H-pyrrole nitrogens is 2. The Hall–Kier alpha value is -4.31. The predicted octanol–water partition coefficient (Wildman–Crippen LogP) is 4.83. The Kier molecular flexibility index (Phi) is 6.39. The molecule has 0 radical (unpaired) electrons. The van der Waals surface area contributed by atoms with E-state index in [0.717, 1.165) is 102 Å². The highest BCUT2D eigenvalue weighted by Crippen LogP contribution is 2.34. The zero-order chi connectivity index (χ0) is 27.1. The molecular formula is C30H33N9O. The van der Waals surface area contributed by atoms with Gasteiger partial charge in [-0.25, -0.2) is 4.98 Å². The maximum atomic E-state index is 12.8. The van der Waals surface area contributed by atoms with Crippen molar-refractivity contribution in [1.82, 2.24) is 35.0 Å². The molecule has 1 aliphatic heterocycles. The van der Waals surface area contributed by atoms with Gasteiger partial charge in [-0.3, -0.25) is 19.9 Å². The van der Waals surface area contributed by atoms with Crippen LogP contribution in [0.5, 0.6) is 0 Å². The molecule has 1 saturated carbocycles. The van der Waals surface area contributed by atoms with Crippen LogP contribution >= 0.6 is 0 Å². The Bertz CT molecular complexity index is 1680. The molecule has 40 heavy (non-hydrogen) atoms. The van der Waals surface area contributed by atoms with Gasteiger partial charge in [-0.15, -0.1) is 0 Å². The Morgan fingerprint density at radius 1 is 0.950 bits per heavy atom. The maximum absolute atomic E-state index is 12.8. The van der Waals surface area contributed by atoms with E-state index in [4.69, 9.17) is 4.98 Å². The molecule has 0 aromatic carbocycles. The number of aromatic amines is 2. The van der Waals surface area contributed by atoms with Crippen LogP contribution in [0.1, 0.15) is 32.1 Å². The third-order valence-corrected chi connectivity index (χ3v) is 8.31. The second kappa shape index (κ2) is 10.3. The van der Waals surface area contributed by atoms with Crippen molar-refractivity contribution in [3.05, 3.63) is 49.1 Å². The molecule has 5 aromatic heterocycles. The number of piperazine rings is 1. The molecule has 5 aromatic rings. The van der Waals surface area contributed by atoms with Crippen molar-refractivity contribution in [2.75, 3.05) is 43.4 Å². The number of rotatable bonds is 5. The van der Waals surface area contributed by atoms with E-state index in [1.165, 1.54) is 6.42 Å². The predicted molar refractivity (Wildman–Crippen MR) is 157 cm³/mol. The summed E-state index contributed by atoms with van der Waals surface area (Å²) in [5.41, 5.74) is 7.69. The summed E-state index contributed by atoms with van der Waals surface area (Å²) < 4.78 is 0. The van der Waals surface area contributed by atoms with E-state index >= 15 is 0 Å². The molecule has 2 aliphatic rings. The number of likely N-dealkylation sites (N-methyl/N-ethyl adjacent to an activating group) is 1. The van der Waals surface area contributed by atoms with Gasteiger partial charge in [0.2, 0.25) is 5.91 Å². The first-order valence-electron chi connectivity index (χ1n) is 14.1. The average molecular weight is 536 g/mol. The molecule has 1 aliphatic carbocycles. The number of hydrogen-bond donors (Lipinski definition) is 3. The van der Waals surface area contributed by atoms with Crippen molar-refractivity contribution in [1.29, 1.82) is 0 Å². The molecule has 2 fully saturated rings. The van der Waals surface area contributed by atoms with Crippen molar-refractivity contribution in [3.8, 4) is 22.6 Å². The van der Waals surface area contributed by atoms with Gasteiger partial charge in [0.25, 0.3) is 0 Å². The van der Waals surface area contributed by atoms with Crippen molar-refractivity contribution >= 4 is 39.2 Å². The molecule has 10 nitrogen and oxygen atoms in total. The fourth-order valence-corrected chi connectivity index (χ4v) is 5.97. The average Bonchev–Trinajstić information content (AvgIpc) is 3.62. The molecular weight excluding hydrogens is 502 g/mol. The lowest BCUT2D eigenvalue weighted by Crippen LogP contribution is -2.44. The third kappa shape index (κ3) is 4.68. The smallest absolute Gasteiger partial charge is 0.227 e. The van der Waals surface area contributed by atoms with Crippen LogP contribution in [0, 0.1) is 5.92 Å². The van der Waals surface area contributed by atoms with Gasteiger partial charge in [-0.05, 0) is 44.2 Å². The standard InChI is InChI=1S/C30H33N9O/c1-38-9-11-39(12-10-38)27-18-32-17-26-22(27)14-25(34-26)29-28-24(36-37-29)8-7-23(35-28)20-13-21(16-31-15-20)33-30(40)19-5-3-2-4-6-19/h7-8,13-19,34H,2-6,9-12H2,1H3,(H,33,40)(H,36,37). The summed E-state index contributed by atoms with van der Waals surface area (Å²) in [6, 6.07) is 8.03. The van der Waals surface area contributed by atoms with E-state index in [0.29, 0.717) is 5.69 Å². The summed E-state index contributed by atoms with van der Waals surface area (Å²) in [5.74, 6) is 0.173. The van der Waals surface area contributed by atoms with Crippen LogP contribution in [-0.2, 0) is 4.79 Å². The zero-order valence-electron chi connectivity index (χ0n) is 22.7. The summed E-state index contributed by atoms with van der Waals surface area (Å²) in [6.07, 6.45) is 12.7. The monoisotopic (exact) mass is 535 g/mol. The second-order valence-corrected chi connectivity index (χ2v) is 11.0. The highest BCUT2D eigenvalue weighted by Gasteiger charge is 2.22. The Balaban J connectivity index is 1.19. The largest absolute Gasteiger partial charge is 0.367 e. The minimum atomic E-state index is 0.0865. The minimum absolute atomic E-state index is 0.0865. The van der Waals surface area contributed by atoms with E-state index in [1.807, 2.05) is 30.6 Å². The van der Waals surface area contributed by atoms with Crippen LogP contribution < -0.4 is 10.2 Å². The number of hydrogen-bond acceptors (Lipinski definition) is 7. The number of carbonyl (C=O) groups is 1. The molecule has 7 rings (SSSR count). The Morgan fingerprint density at radius 3 is 2.62 bits per heavy atom. The van der Waals surface area contributed by atoms with Crippen molar-refractivity contribution in [3.63, 3.8) is 0 Å². The second-order valence-electron chi connectivity index (χ2n) is 11.0. The molecule has 1 saturated heterocycles. The molecule has 6 heterocycles. The SMILES string of the molecule is CN1CCN(c2cncc3[nH]c(-c4n[nH]c5ccc(-c6cncc(NC(=O)C7CCCCC7)c6)nc45)cc23)CC1. The van der Waals surface area contributed by atoms with Gasteiger partial charge < -0.3 is 20.1 Å². The van der Waals surface area contributed by atoms with Crippen LogP contribution in [0.3, 0.4) is 0 Å². The number of carbonyl (C=O) groups excluding carboxylic acids is 1. The summed E-state index contributed by atoms with van der Waals surface area (Å²) in [4.78, 5) is 34.9. The van der Waals surface area contributed by atoms with E-state index < -0.39 is 0 Å².